The van der Waals surface area contributed by atoms with Crippen molar-refractivity contribution in [1.29, 1.82) is 5.26 Å². The Morgan fingerprint density at radius 3 is 2.00 bits per heavy atom. The number of aryl methyl sites for hydroxylation is 8. The Labute approximate surface area is 422 Å². The van der Waals surface area contributed by atoms with Crippen molar-refractivity contribution < 1.29 is 42.5 Å². The van der Waals surface area contributed by atoms with Crippen molar-refractivity contribution in [3.63, 3.8) is 0 Å². The van der Waals surface area contributed by atoms with Gasteiger partial charge in [-0.25, -0.2) is 23.4 Å². The van der Waals surface area contributed by atoms with E-state index in [4.69, 9.17) is 30.3 Å². The first-order valence-corrected chi connectivity index (χ1v) is 25.0. The van der Waals surface area contributed by atoms with Gasteiger partial charge < -0.3 is 9.87 Å². The number of hydrogen-bond acceptors (Lipinski definition) is 14. The van der Waals surface area contributed by atoms with E-state index in [1.165, 1.54) is 28.2 Å². The van der Waals surface area contributed by atoms with E-state index in [2.05, 4.69) is 57.3 Å². The maximum Gasteiger partial charge on any atom is 1.00 e. The first kappa shape index (κ1) is 49.5. The molecule has 0 spiro atoms. The van der Waals surface area contributed by atoms with E-state index in [0.29, 0.717) is 62.1 Å². The average Bonchev–Trinajstić information content (AvgIpc) is 3.98. The number of thiazole rings is 2. The number of anilines is 5. The zero-order valence-electron chi connectivity index (χ0n) is 40.0. The second kappa shape index (κ2) is 19.7. The minimum atomic E-state index is -4.90. The van der Waals surface area contributed by atoms with Crippen LogP contribution in [-0.4, -0.2) is 37.7 Å². The molecule has 0 aliphatic rings. The SMILES string of the molecule is CCc1cc(C)c(C)c(CC)c1Nc1nc(N(c2nc3ccc(C)cc3s2)c2c(CC)cc(C)c(S(=O)(=O)[O-])c2CC)cc(C)c1N=Nc1c(C#N)c(C)nn1-c1nc2ccc(C)cc2s1.[Na+]. The van der Waals surface area contributed by atoms with Crippen LogP contribution in [0.1, 0.15) is 94.6 Å². The van der Waals surface area contributed by atoms with Crippen LogP contribution in [0, 0.1) is 59.8 Å². The molecule has 0 fully saturated rings. The van der Waals surface area contributed by atoms with Crippen molar-refractivity contribution in [3.8, 4) is 11.2 Å². The van der Waals surface area contributed by atoms with Crippen LogP contribution in [-0.2, 0) is 35.8 Å². The van der Waals surface area contributed by atoms with Gasteiger partial charge in [0.25, 0.3) is 0 Å². The fourth-order valence-corrected chi connectivity index (χ4v) is 11.8. The van der Waals surface area contributed by atoms with Crippen LogP contribution in [0.15, 0.2) is 69.7 Å². The molecule has 13 nitrogen and oxygen atoms in total. The van der Waals surface area contributed by atoms with Crippen molar-refractivity contribution in [2.75, 3.05) is 10.2 Å². The van der Waals surface area contributed by atoms with Gasteiger partial charge in [-0.15, -0.1) is 10.2 Å². The number of hydrogen-bond donors (Lipinski definition) is 1. The van der Waals surface area contributed by atoms with Gasteiger partial charge in [-0.3, -0.25) is 4.90 Å². The quantitative estimate of drug-likeness (QED) is 0.0664. The molecule has 0 amide bonds. The van der Waals surface area contributed by atoms with Crippen LogP contribution in [0.5, 0.6) is 0 Å². The molecule has 0 radical (unpaired) electrons. The molecule has 8 rings (SSSR count). The summed E-state index contributed by atoms with van der Waals surface area (Å²) in [4.78, 5) is 17.1. The van der Waals surface area contributed by atoms with Gasteiger partial charge in [0.2, 0.25) is 5.13 Å². The summed E-state index contributed by atoms with van der Waals surface area (Å²) in [5.41, 5.74) is 13.2. The van der Waals surface area contributed by atoms with Gasteiger partial charge in [0.05, 0.1) is 36.7 Å². The number of fused-ring (bicyclic) bond motifs is 2. The van der Waals surface area contributed by atoms with Gasteiger partial charge in [0.15, 0.2) is 16.8 Å². The Hall–Kier alpha value is -5.38. The third-order valence-electron chi connectivity index (χ3n) is 12.1. The number of nitrogens with zero attached hydrogens (tertiary/aromatic N) is 9. The van der Waals surface area contributed by atoms with E-state index >= 15 is 0 Å². The molecule has 67 heavy (non-hydrogen) atoms. The molecule has 8 aromatic rings. The van der Waals surface area contributed by atoms with Gasteiger partial charge in [0, 0.05) is 5.69 Å². The van der Waals surface area contributed by atoms with Crippen molar-refractivity contribution >= 4 is 92.9 Å². The van der Waals surface area contributed by atoms with Crippen molar-refractivity contribution in [2.24, 2.45) is 10.2 Å². The molecule has 0 saturated carbocycles. The van der Waals surface area contributed by atoms with Gasteiger partial charge in [-0.05, 0) is 160 Å². The van der Waals surface area contributed by atoms with Crippen LogP contribution in [0.4, 0.5) is 39.6 Å². The van der Waals surface area contributed by atoms with Crippen molar-refractivity contribution in [2.45, 2.75) is 107 Å². The van der Waals surface area contributed by atoms with Crippen LogP contribution >= 0.6 is 22.7 Å². The van der Waals surface area contributed by atoms with E-state index in [0.717, 1.165) is 72.3 Å². The van der Waals surface area contributed by atoms with E-state index in [-0.39, 0.29) is 52.3 Å². The summed E-state index contributed by atoms with van der Waals surface area (Å²) in [6.45, 7) is 21.8. The number of nitriles is 1. The molecule has 17 heteroatoms. The topological polar surface area (TPSA) is 177 Å². The summed E-state index contributed by atoms with van der Waals surface area (Å²) in [6, 6.07) is 20.2. The predicted molar refractivity (Wildman–Crippen MR) is 266 cm³/mol. The molecule has 4 heterocycles. The second-order valence-corrected chi connectivity index (χ2v) is 19.9. The largest absolute Gasteiger partial charge is 1.00 e. The Kier molecular flexibility index (Phi) is 14.6. The number of rotatable bonds is 13. The number of azo groups is 1. The smallest absolute Gasteiger partial charge is 0.744 e. The molecule has 338 valence electrons. The minimum Gasteiger partial charge on any atom is -0.744 e. The third kappa shape index (κ3) is 9.31. The zero-order chi connectivity index (χ0) is 47.4. The fourth-order valence-electron chi connectivity index (χ4n) is 8.69. The van der Waals surface area contributed by atoms with Crippen LogP contribution in [0.3, 0.4) is 0 Å². The Morgan fingerprint density at radius 1 is 0.761 bits per heavy atom. The summed E-state index contributed by atoms with van der Waals surface area (Å²) >= 11 is 2.91. The normalized spacial score (nSPS) is 11.7. The summed E-state index contributed by atoms with van der Waals surface area (Å²) in [5, 5.41) is 29.7. The van der Waals surface area contributed by atoms with E-state index in [9.17, 15) is 18.2 Å². The molecule has 1 N–H and O–H groups in total. The Bertz CT molecular complexity index is 3440. The summed E-state index contributed by atoms with van der Waals surface area (Å²) in [6.07, 6.45) is 2.27. The van der Waals surface area contributed by atoms with E-state index < -0.39 is 10.1 Å². The number of aromatic nitrogens is 5. The number of benzene rings is 4. The van der Waals surface area contributed by atoms with E-state index in [1.54, 1.807) is 24.6 Å². The molecule has 0 atom stereocenters. The van der Waals surface area contributed by atoms with E-state index in [1.807, 2.05) is 69.9 Å². The summed E-state index contributed by atoms with van der Waals surface area (Å²) in [5.74, 6) is 1.03. The maximum atomic E-state index is 13.1. The predicted octanol–water partition coefficient (Wildman–Crippen LogP) is 10.3. The third-order valence-corrected chi connectivity index (χ3v) is 15.2. The second-order valence-electron chi connectivity index (χ2n) is 16.6. The van der Waals surface area contributed by atoms with Crippen LogP contribution < -0.4 is 39.8 Å². The first-order chi connectivity index (χ1) is 31.5. The van der Waals surface area contributed by atoms with Gasteiger partial charge >= 0.3 is 29.6 Å². The van der Waals surface area contributed by atoms with Gasteiger partial charge in [-0.2, -0.15) is 15.0 Å². The molecule has 0 aliphatic carbocycles. The van der Waals surface area contributed by atoms with Gasteiger partial charge in [0.1, 0.15) is 33.3 Å². The van der Waals surface area contributed by atoms with Crippen LogP contribution in [0.2, 0.25) is 0 Å². The number of nitrogens with one attached hydrogen (secondary N) is 1. The molecular weight excluding hydrogens is 908 g/mol. The Balaban J connectivity index is 0.00000666. The summed E-state index contributed by atoms with van der Waals surface area (Å²) in [7, 11) is -4.90. The molecule has 0 saturated heterocycles. The average molecular weight is 959 g/mol. The fraction of sp³-hybridized carbons (Fsp3) is 0.300. The minimum absolute atomic E-state index is 0. The zero-order valence-corrected chi connectivity index (χ0v) is 44.4. The molecule has 0 unspecified atom stereocenters. The maximum absolute atomic E-state index is 13.1. The molecular formula is C50H51N10NaO3S3. The Morgan fingerprint density at radius 2 is 1.39 bits per heavy atom. The number of pyridine rings is 1. The van der Waals surface area contributed by atoms with Gasteiger partial charge in [-0.1, -0.05) is 74.6 Å². The molecule has 4 aromatic heterocycles. The van der Waals surface area contributed by atoms with Crippen LogP contribution in [0.25, 0.3) is 25.6 Å². The monoisotopic (exact) mass is 958 g/mol. The molecule has 4 aromatic carbocycles. The van der Waals surface area contributed by atoms with Crippen molar-refractivity contribution in [3.05, 3.63) is 121 Å². The molecule has 0 bridgehead atoms. The van der Waals surface area contributed by atoms with Crippen molar-refractivity contribution in [1.82, 2.24) is 24.7 Å². The first-order valence-electron chi connectivity index (χ1n) is 22.0. The molecule has 0 aliphatic heterocycles. The summed E-state index contributed by atoms with van der Waals surface area (Å²) < 4.78 is 42.9. The standard InChI is InChI=1S/C50H52N10O3S3.Na/c1-12-33-22-28(7)31(10)35(14-3)44(33)55-47-43(56-57-48-37(25-51)32(11)58-60(48)50-53-39-19-17-27(6)21-41(39)65-50)29(8)24-42(54-47)59(49-52-38-18-16-26(5)20-40(38)64-49)45-34(13-2)23-30(9)46(36(45)15-4)66(61,62)63;/h16-24H,12-15H2,1-11H3,(H,54,55)(H,61,62,63);/q;+1/p-1.